The molecule has 0 fully saturated rings. The monoisotopic (exact) mass is 412 g/mol. The molecule has 0 aliphatic heterocycles. The lowest BCUT2D eigenvalue weighted by molar-refractivity contribution is -0.187. The molecule has 0 amide bonds. The van der Waals surface area contributed by atoms with Gasteiger partial charge in [-0.25, -0.2) is 8.78 Å². The molecule has 0 radical (unpaired) electrons. The number of hydrogen-bond acceptors (Lipinski definition) is 2. The smallest absolute Gasteiger partial charge is 0.429 e. The molecule has 0 unspecified atom stereocenters. The van der Waals surface area contributed by atoms with Crippen LogP contribution in [0.5, 0.6) is 11.5 Å². The maximum absolute atomic E-state index is 14.4. The molecule has 152 valence electrons. The molecule has 0 atom stereocenters. The van der Waals surface area contributed by atoms with Gasteiger partial charge in [-0.05, 0) is 42.6 Å². The minimum Gasteiger partial charge on any atom is -0.494 e. The molecule has 0 spiro atoms. The second-order valence-electron chi connectivity index (χ2n) is 5.98. The molecule has 0 bridgehead atoms. The van der Waals surface area contributed by atoms with E-state index >= 15 is 0 Å². The van der Waals surface area contributed by atoms with Crippen molar-refractivity contribution < 1.29 is 35.8 Å². The second-order valence-corrected chi connectivity index (χ2v) is 5.98. The lowest BCUT2D eigenvalue weighted by Crippen LogP contribution is -2.23. The maximum Gasteiger partial charge on any atom is 0.429 e. The fraction of sp³-hybridized carbons (Fsp3) is 0.143. The SMILES string of the molecule is CCOc1ccc(C(F)(F)Oc2ccc3c(F)c(C=C(F)F)ccc3c2)c(F)c1. The normalized spacial score (nSPS) is 11.4. The van der Waals surface area contributed by atoms with Gasteiger partial charge in [-0.15, -0.1) is 0 Å². The van der Waals surface area contributed by atoms with Gasteiger partial charge in [0.05, 0.1) is 6.61 Å². The summed E-state index contributed by atoms with van der Waals surface area (Å²) in [6.45, 7) is 1.91. The molecular weight excluding hydrogens is 398 g/mol. The van der Waals surface area contributed by atoms with Crippen molar-refractivity contribution in [2.75, 3.05) is 6.61 Å². The van der Waals surface area contributed by atoms with E-state index in [-0.39, 0.29) is 34.4 Å². The van der Waals surface area contributed by atoms with Gasteiger partial charge in [0.2, 0.25) is 0 Å². The summed E-state index contributed by atoms with van der Waals surface area (Å²) in [6, 6.07) is 8.52. The Morgan fingerprint density at radius 2 is 1.69 bits per heavy atom. The zero-order valence-corrected chi connectivity index (χ0v) is 15.0. The van der Waals surface area contributed by atoms with Crippen LogP contribution in [0.3, 0.4) is 0 Å². The first kappa shape index (κ1) is 20.6. The average Bonchev–Trinajstić information content (AvgIpc) is 2.63. The third kappa shape index (κ3) is 4.47. The van der Waals surface area contributed by atoms with Gasteiger partial charge in [0.25, 0.3) is 6.08 Å². The Morgan fingerprint density at radius 1 is 0.966 bits per heavy atom. The predicted molar refractivity (Wildman–Crippen MR) is 96.2 cm³/mol. The average molecular weight is 412 g/mol. The molecule has 3 aromatic carbocycles. The third-order valence-electron chi connectivity index (χ3n) is 4.03. The molecule has 2 nitrogen and oxygen atoms in total. The second kappa shape index (κ2) is 8.06. The van der Waals surface area contributed by atoms with Crippen molar-refractivity contribution in [1.82, 2.24) is 0 Å². The quantitative estimate of drug-likeness (QED) is 0.411. The van der Waals surface area contributed by atoms with Crippen LogP contribution in [0.15, 0.2) is 54.6 Å². The summed E-state index contributed by atoms with van der Waals surface area (Å²) >= 11 is 0. The van der Waals surface area contributed by atoms with E-state index in [0.717, 1.165) is 36.4 Å². The van der Waals surface area contributed by atoms with E-state index in [0.29, 0.717) is 6.08 Å². The van der Waals surface area contributed by atoms with E-state index in [4.69, 9.17) is 4.74 Å². The summed E-state index contributed by atoms with van der Waals surface area (Å²) in [5.74, 6) is -2.39. The molecular formula is C21H14F6O2. The van der Waals surface area contributed by atoms with Gasteiger partial charge < -0.3 is 9.47 Å². The van der Waals surface area contributed by atoms with E-state index in [1.807, 2.05) is 0 Å². The van der Waals surface area contributed by atoms with E-state index in [1.54, 1.807) is 6.92 Å². The van der Waals surface area contributed by atoms with Gasteiger partial charge in [-0.2, -0.15) is 17.6 Å². The van der Waals surface area contributed by atoms with Crippen molar-refractivity contribution in [1.29, 1.82) is 0 Å². The van der Waals surface area contributed by atoms with Crippen LogP contribution in [0.25, 0.3) is 16.8 Å². The number of ether oxygens (including phenoxy) is 2. The molecule has 0 aromatic heterocycles. The Bertz CT molecular complexity index is 1070. The third-order valence-corrected chi connectivity index (χ3v) is 4.03. The van der Waals surface area contributed by atoms with Gasteiger partial charge in [0.1, 0.15) is 28.7 Å². The van der Waals surface area contributed by atoms with Crippen LogP contribution in [0.1, 0.15) is 18.1 Å². The number of benzene rings is 3. The van der Waals surface area contributed by atoms with Crippen LogP contribution in [0.2, 0.25) is 0 Å². The first-order chi connectivity index (χ1) is 13.7. The largest absolute Gasteiger partial charge is 0.494 e. The molecule has 0 saturated heterocycles. The van der Waals surface area contributed by atoms with Crippen LogP contribution in [0.4, 0.5) is 26.3 Å². The van der Waals surface area contributed by atoms with Gasteiger partial charge in [0.15, 0.2) is 0 Å². The molecule has 0 saturated carbocycles. The van der Waals surface area contributed by atoms with Crippen LogP contribution >= 0.6 is 0 Å². The van der Waals surface area contributed by atoms with Gasteiger partial charge in [0, 0.05) is 23.1 Å². The highest BCUT2D eigenvalue weighted by molar-refractivity contribution is 5.86. The molecule has 29 heavy (non-hydrogen) atoms. The Morgan fingerprint density at radius 3 is 2.34 bits per heavy atom. The molecule has 3 rings (SSSR count). The number of alkyl halides is 2. The van der Waals surface area contributed by atoms with Crippen LogP contribution in [-0.4, -0.2) is 6.61 Å². The van der Waals surface area contributed by atoms with Gasteiger partial charge >= 0.3 is 6.11 Å². The van der Waals surface area contributed by atoms with Crippen molar-refractivity contribution in [3.63, 3.8) is 0 Å². The zero-order chi connectivity index (χ0) is 21.2. The molecule has 0 N–H and O–H groups in total. The first-order valence-corrected chi connectivity index (χ1v) is 8.46. The van der Waals surface area contributed by atoms with Crippen LogP contribution in [-0.2, 0) is 6.11 Å². The molecule has 8 heteroatoms. The van der Waals surface area contributed by atoms with Crippen LogP contribution in [0, 0.1) is 11.6 Å². The summed E-state index contributed by atoms with van der Waals surface area (Å²) in [7, 11) is 0. The van der Waals surface area contributed by atoms with Gasteiger partial charge in [-0.3, -0.25) is 0 Å². The van der Waals surface area contributed by atoms with E-state index in [9.17, 15) is 26.3 Å². The minimum atomic E-state index is -4.01. The summed E-state index contributed by atoms with van der Waals surface area (Å²) in [5.41, 5.74) is -1.33. The fourth-order valence-corrected chi connectivity index (χ4v) is 2.77. The van der Waals surface area contributed by atoms with Crippen molar-refractivity contribution in [3.8, 4) is 11.5 Å². The summed E-state index contributed by atoms with van der Waals surface area (Å²) in [5, 5.41) is 0.0993. The molecule has 0 aliphatic rings. The molecule has 0 aliphatic carbocycles. The van der Waals surface area contributed by atoms with Crippen molar-refractivity contribution in [2.24, 2.45) is 0 Å². The number of halogens is 6. The highest BCUT2D eigenvalue weighted by Crippen LogP contribution is 2.36. The molecule has 3 aromatic rings. The predicted octanol–water partition coefficient (Wildman–Crippen LogP) is 6.88. The topological polar surface area (TPSA) is 18.5 Å². The molecule has 0 heterocycles. The summed E-state index contributed by atoms with van der Waals surface area (Å²) < 4.78 is 91.7. The highest BCUT2D eigenvalue weighted by atomic mass is 19.3. The number of hydrogen-bond donors (Lipinski definition) is 0. The van der Waals surface area contributed by atoms with Crippen molar-refractivity contribution >= 4 is 16.8 Å². The standard InChI is InChI=1S/C21H14F6O2/c1-2-28-14-6-8-17(18(22)11-14)21(26,27)29-15-5-7-16-12(9-15)3-4-13(20(16)25)10-19(23)24/h3-11H,2H2,1H3. The Balaban J connectivity index is 1.92. The fourth-order valence-electron chi connectivity index (χ4n) is 2.77. The summed E-state index contributed by atoms with van der Waals surface area (Å²) in [4.78, 5) is 0. The van der Waals surface area contributed by atoms with Gasteiger partial charge in [-0.1, -0.05) is 12.1 Å². The lowest BCUT2D eigenvalue weighted by Gasteiger charge is -2.19. The maximum atomic E-state index is 14.4. The van der Waals surface area contributed by atoms with E-state index in [1.165, 1.54) is 12.1 Å². The highest BCUT2D eigenvalue weighted by Gasteiger charge is 2.38. The summed E-state index contributed by atoms with van der Waals surface area (Å²) in [6.07, 6.45) is -5.72. The van der Waals surface area contributed by atoms with Crippen molar-refractivity contribution in [3.05, 3.63) is 77.4 Å². The number of fused-ring (bicyclic) bond motifs is 1. The zero-order valence-electron chi connectivity index (χ0n) is 15.0. The number of rotatable bonds is 6. The lowest BCUT2D eigenvalue weighted by atomic mass is 10.1. The van der Waals surface area contributed by atoms with E-state index in [2.05, 4.69) is 4.74 Å². The van der Waals surface area contributed by atoms with Crippen molar-refractivity contribution in [2.45, 2.75) is 13.0 Å². The first-order valence-electron chi connectivity index (χ1n) is 8.46. The van der Waals surface area contributed by atoms with E-state index < -0.39 is 29.4 Å². The Hall–Kier alpha value is -3.16. The Kier molecular flexibility index (Phi) is 5.72. The van der Waals surface area contributed by atoms with Crippen LogP contribution < -0.4 is 9.47 Å². The minimum absolute atomic E-state index is 0.0529. The Labute approximate surface area is 162 Å².